The predicted molar refractivity (Wildman–Crippen MR) is 151 cm³/mol. The van der Waals surface area contributed by atoms with Crippen molar-refractivity contribution in [2.24, 2.45) is 0 Å². The topological polar surface area (TPSA) is 133 Å². The molecule has 2 N–H and O–H groups in total. The number of halogens is 4. The molecule has 42 heavy (non-hydrogen) atoms. The lowest BCUT2D eigenvalue weighted by Gasteiger charge is -2.34. The minimum Gasteiger partial charge on any atom is -0.337 e. The number of benzene rings is 1. The third-order valence-electron chi connectivity index (χ3n) is 6.85. The van der Waals surface area contributed by atoms with E-state index >= 15 is 0 Å². The van der Waals surface area contributed by atoms with E-state index in [0.717, 1.165) is 23.6 Å². The molecular weight excluding hydrogens is 641 g/mol. The first kappa shape index (κ1) is 32.4. The van der Waals surface area contributed by atoms with Gasteiger partial charge in [-0.25, -0.2) is 21.6 Å². The molecule has 2 amide bonds. The molecule has 2 atom stereocenters. The fourth-order valence-corrected chi connectivity index (χ4v) is 7.97. The van der Waals surface area contributed by atoms with Crippen molar-refractivity contribution in [3.63, 3.8) is 0 Å². The van der Waals surface area contributed by atoms with Gasteiger partial charge in [0.25, 0.3) is 0 Å². The molecule has 0 spiro atoms. The summed E-state index contributed by atoms with van der Waals surface area (Å²) in [6.45, 7) is 0.0113. The third-order valence-corrected chi connectivity index (χ3v) is 10.6. The van der Waals surface area contributed by atoms with Crippen molar-refractivity contribution < 1.29 is 39.6 Å². The van der Waals surface area contributed by atoms with Crippen LogP contribution in [0.2, 0.25) is 4.34 Å². The molecule has 1 aromatic carbocycles. The summed E-state index contributed by atoms with van der Waals surface area (Å²) >= 11 is 7.04. The van der Waals surface area contributed by atoms with Crippen molar-refractivity contribution in [1.29, 1.82) is 0 Å². The van der Waals surface area contributed by atoms with Gasteiger partial charge in [-0.1, -0.05) is 17.7 Å². The molecule has 2 fully saturated rings. The van der Waals surface area contributed by atoms with Crippen LogP contribution in [0.25, 0.3) is 6.08 Å². The van der Waals surface area contributed by atoms with Gasteiger partial charge < -0.3 is 9.80 Å². The normalized spacial score (nSPS) is 20.5. The van der Waals surface area contributed by atoms with E-state index in [4.69, 9.17) is 11.6 Å². The largest absolute Gasteiger partial charge is 0.416 e. The molecule has 2 aliphatic rings. The van der Waals surface area contributed by atoms with E-state index < -0.39 is 60.6 Å². The first-order chi connectivity index (χ1) is 19.6. The first-order valence-corrected chi connectivity index (χ1v) is 17.1. The second-order valence-corrected chi connectivity index (χ2v) is 14.9. The standard InChI is InChI=1S/C25H28ClF3N4O6S3/c26-22-9-8-19(40-22)10-13-41(36,37)31-21-7-3-11-32(24(21)35)16-23(34)33-12-2-5-18(33)15-30-42(38,39)20-6-1-4-17(14-20)25(27,28)29/h1,4,6,8-10,13-14,18,21,30-31H,2-3,5,7,11-12,15-16H2/b13-10+/t18-,21-/m0/s1. The summed E-state index contributed by atoms with van der Waals surface area (Å²) in [5.41, 5.74) is -1.10. The lowest BCUT2D eigenvalue weighted by molar-refractivity contribution is -0.143. The summed E-state index contributed by atoms with van der Waals surface area (Å²) in [6.07, 6.45) is -1.61. The van der Waals surface area contributed by atoms with Gasteiger partial charge in [0, 0.05) is 36.0 Å². The molecule has 0 unspecified atom stereocenters. The van der Waals surface area contributed by atoms with Crippen molar-refractivity contribution >= 4 is 60.9 Å². The average molecular weight is 669 g/mol. The second kappa shape index (κ2) is 13.0. The molecule has 2 aromatic rings. The minimum absolute atomic E-state index is 0.220. The monoisotopic (exact) mass is 668 g/mol. The van der Waals surface area contributed by atoms with E-state index in [1.807, 2.05) is 0 Å². The highest BCUT2D eigenvalue weighted by atomic mass is 35.5. The van der Waals surface area contributed by atoms with E-state index in [2.05, 4.69) is 9.44 Å². The van der Waals surface area contributed by atoms with Gasteiger partial charge in [0.05, 0.1) is 21.3 Å². The Morgan fingerprint density at radius 3 is 2.52 bits per heavy atom. The number of sulfonamides is 2. The molecule has 1 aromatic heterocycles. The van der Waals surface area contributed by atoms with E-state index in [1.165, 1.54) is 27.2 Å². The number of thiophene rings is 1. The van der Waals surface area contributed by atoms with Gasteiger partial charge in [0.2, 0.25) is 31.9 Å². The van der Waals surface area contributed by atoms with Crippen molar-refractivity contribution in [3.8, 4) is 0 Å². The third kappa shape index (κ3) is 8.32. The van der Waals surface area contributed by atoms with Crippen LogP contribution in [0.15, 0.2) is 46.7 Å². The van der Waals surface area contributed by atoms with Gasteiger partial charge in [-0.2, -0.15) is 17.9 Å². The fraction of sp³-hybridized carbons (Fsp3) is 0.440. The highest BCUT2D eigenvalue weighted by Crippen LogP contribution is 2.30. The molecule has 0 bridgehead atoms. The number of carbonyl (C=O) groups is 2. The highest BCUT2D eigenvalue weighted by Gasteiger charge is 2.36. The Morgan fingerprint density at radius 2 is 1.83 bits per heavy atom. The van der Waals surface area contributed by atoms with Gasteiger partial charge in [-0.15, -0.1) is 11.3 Å². The number of rotatable bonds is 10. The van der Waals surface area contributed by atoms with Crippen LogP contribution in [0.3, 0.4) is 0 Å². The molecule has 2 aliphatic heterocycles. The van der Waals surface area contributed by atoms with Crippen LogP contribution < -0.4 is 9.44 Å². The van der Waals surface area contributed by atoms with Crippen molar-refractivity contribution in [2.75, 3.05) is 26.2 Å². The predicted octanol–water partition coefficient (Wildman–Crippen LogP) is 3.27. The summed E-state index contributed by atoms with van der Waals surface area (Å²) in [7, 11) is -8.26. The zero-order chi connectivity index (χ0) is 30.7. The SMILES string of the molecule is O=C1[C@@H](NS(=O)(=O)/C=C/c2ccc(Cl)s2)CCCN1CC(=O)N1CCC[C@H]1CNS(=O)(=O)c1cccc(C(F)(F)F)c1. The minimum atomic E-state index is -4.71. The van der Waals surface area contributed by atoms with E-state index in [-0.39, 0.29) is 26.1 Å². The first-order valence-electron chi connectivity index (χ1n) is 12.9. The number of hydrogen-bond acceptors (Lipinski definition) is 7. The Morgan fingerprint density at radius 1 is 1.10 bits per heavy atom. The van der Waals surface area contributed by atoms with Gasteiger partial charge in [0.1, 0.15) is 6.04 Å². The molecule has 3 heterocycles. The van der Waals surface area contributed by atoms with Crippen LogP contribution in [0.5, 0.6) is 0 Å². The van der Waals surface area contributed by atoms with Crippen molar-refractivity contribution in [3.05, 3.63) is 56.6 Å². The summed E-state index contributed by atoms with van der Waals surface area (Å²) in [5, 5.41) is 0.946. The molecule has 2 saturated heterocycles. The number of amides is 2. The molecule has 0 radical (unpaired) electrons. The van der Waals surface area contributed by atoms with E-state index in [1.54, 1.807) is 12.1 Å². The van der Waals surface area contributed by atoms with E-state index in [0.29, 0.717) is 41.1 Å². The Bertz CT molecular complexity index is 1560. The molecule has 10 nitrogen and oxygen atoms in total. The van der Waals surface area contributed by atoms with Crippen LogP contribution in [0, 0.1) is 0 Å². The Balaban J connectivity index is 1.34. The zero-order valence-electron chi connectivity index (χ0n) is 22.0. The number of likely N-dealkylation sites (tertiary alicyclic amines) is 2. The fourth-order valence-electron chi connectivity index (χ4n) is 4.78. The Kier molecular flexibility index (Phi) is 10.0. The number of piperidine rings is 1. The molecule has 0 saturated carbocycles. The van der Waals surface area contributed by atoms with Crippen LogP contribution in [-0.4, -0.2) is 76.7 Å². The molecule has 4 rings (SSSR count). The number of alkyl halides is 3. The van der Waals surface area contributed by atoms with Crippen LogP contribution in [-0.2, 0) is 35.8 Å². The van der Waals surface area contributed by atoms with Crippen LogP contribution in [0.1, 0.15) is 36.1 Å². The number of hydrogen-bond donors (Lipinski definition) is 2. The highest BCUT2D eigenvalue weighted by molar-refractivity contribution is 7.92. The number of carbonyl (C=O) groups excluding carboxylic acids is 2. The Hall–Kier alpha value is -2.50. The summed E-state index contributed by atoms with van der Waals surface area (Å²) in [5.74, 6) is -0.992. The van der Waals surface area contributed by atoms with Crippen molar-refractivity contribution in [2.45, 2.75) is 48.8 Å². The summed E-state index contributed by atoms with van der Waals surface area (Å²) in [6, 6.07) is 5.02. The quantitative estimate of drug-likeness (QED) is 0.400. The summed E-state index contributed by atoms with van der Waals surface area (Å²) in [4.78, 5) is 29.0. The van der Waals surface area contributed by atoms with Crippen molar-refractivity contribution in [1.82, 2.24) is 19.2 Å². The maximum Gasteiger partial charge on any atom is 0.416 e. The number of nitrogens with zero attached hydrogens (tertiary/aromatic N) is 2. The lowest BCUT2D eigenvalue weighted by atomic mass is 10.1. The van der Waals surface area contributed by atoms with Gasteiger partial charge in [0.15, 0.2) is 0 Å². The Labute approximate surface area is 250 Å². The molecular formula is C25H28ClF3N4O6S3. The van der Waals surface area contributed by atoms with E-state index in [9.17, 15) is 39.6 Å². The molecule has 17 heteroatoms. The zero-order valence-corrected chi connectivity index (χ0v) is 25.2. The maximum absolute atomic E-state index is 13.1. The van der Waals surface area contributed by atoms with Gasteiger partial charge in [-0.3, -0.25) is 9.59 Å². The second-order valence-electron chi connectivity index (χ2n) is 9.82. The smallest absolute Gasteiger partial charge is 0.337 e. The van der Waals surface area contributed by atoms with Gasteiger partial charge in [-0.05, 0) is 62.1 Å². The van der Waals surface area contributed by atoms with Crippen LogP contribution in [0.4, 0.5) is 13.2 Å². The molecule has 0 aliphatic carbocycles. The molecule has 230 valence electrons. The maximum atomic E-state index is 13.1. The van der Waals surface area contributed by atoms with Crippen LogP contribution >= 0.6 is 22.9 Å². The lowest BCUT2D eigenvalue weighted by Crippen LogP contribution is -2.55. The number of nitrogens with one attached hydrogen (secondary N) is 2. The summed E-state index contributed by atoms with van der Waals surface area (Å²) < 4.78 is 94.7. The average Bonchev–Trinajstić information content (AvgIpc) is 3.57. The van der Waals surface area contributed by atoms with Gasteiger partial charge >= 0.3 is 6.18 Å².